The van der Waals surface area contributed by atoms with Gasteiger partial charge in [0.25, 0.3) is 0 Å². The van der Waals surface area contributed by atoms with E-state index >= 15 is 0 Å². The number of amides is 1. The monoisotopic (exact) mass is 743 g/mol. The summed E-state index contributed by atoms with van der Waals surface area (Å²) in [7, 11) is 1.63. The molecule has 0 unspecified atom stereocenters. The van der Waals surface area contributed by atoms with Gasteiger partial charge in [0, 0.05) is 50.9 Å². The van der Waals surface area contributed by atoms with Gasteiger partial charge in [-0.05, 0) is 78.3 Å². The molecule has 0 atom stereocenters. The summed E-state index contributed by atoms with van der Waals surface area (Å²) in [5, 5.41) is 0.320. The molecule has 280 valence electrons. The molecule has 0 radical (unpaired) electrons. The van der Waals surface area contributed by atoms with Gasteiger partial charge in [-0.1, -0.05) is 48.5 Å². The van der Waals surface area contributed by atoms with Crippen LogP contribution in [0.4, 0.5) is 22.0 Å². The fourth-order valence-electron chi connectivity index (χ4n) is 6.34. The molecule has 54 heavy (non-hydrogen) atoms. The molecule has 13 heteroatoms. The van der Waals surface area contributed by atoms with E-state index in [1.165, 1.54) is 36.5 Å². The van der Waals surface area contributed by atoms with Gasteiger partial charge < -0.3 is 18.8 Å². The van der Waals surface area contributed by atoms with E-state index in [2.05, 4.69) is 9.97 Å². The van der Waals surface area contributed by atoms with Crippen LogP contribution in [0.1, 0.15) is 34.5 Å². The summed E-state index contributed by atoms with van der Waals surface area (Å²) < 4.78 is 76.6. The van der Waals surface area contributed by atoms with E-state index in [-0.39, 0.29) is 42.8 Å². The van der Waals surface area contributed by atoms with Crippen molar-refractivity contribution in [3.05, 3.63) is 154 Å². The minimum atomic E-state index is -4.43. The van der Waals surface area contributed by atoms with Crippen molar-refractivity contribution < 1.29 is 31.5 Å². The minimum absolute atomic E-state index is 0.0849. The number of halogens is 5. The Hall–Kier alpha value is -5.69. The number of carbonyl (C=O) groups is 1. The number of aryl methyl sites for hydroxylation is 3. The summed E-state index contributed by atoms with van der Waals surface area (Å²) in [6.07, 6.45) is 2.20. The van der Waals surface area contributed by atoms with E-state index in [1.54, 1.807) is 47.2 Å². The van der Waals surface area contributed by atoms with Crippen LogP contribution in [0.25, 0.3) is 22.2 Å². The maximum absolute atomic E-state index is 14.6. The number of ether oxygens (including phenoxy) is 1. The summed E-state index contributed by atoms with van der Waals surface area (Å²) in [5.74, 6) is -2.19. The number of rotatable bonds is 15. The zero-order valence-corrected chi connectivity index (χ0v) is 29.5. The van der Waals surface area contributed by atoms with Crippen molar-refractivity contribution in [1.82, 2.24) is 24.0 Å². The highest BCUT2D eigenvalue weighted by Gasteiger charge is 2.30. The van der Waals surface area contributed by atoms with Crippen LogP contribution in [-0.2, 0) is 54.6 Å². The van der Waals surface area contributed by atoms with Crippen LogP contribution in [0.2, 0.25) is 0 Å². The van der Waals surface area contributed by atoms with Crippen molar-refractivity contribution in [3.8, 4) is 11.1 Å². The number of aromatic nitrogens is 4. The summed E-state index contributed by atoms with van der Waals surface area (Å²) >= 11 is 0. The van der Waals surface area contributed by atoms with Crippen LogP contribution in [0, 0.1) is 11.6 Å². The predicted molar refractivity (Wildman–Crippen MR) is 194 cm³/mol. The van der Waals surface area contributed by atoms with Gasteiger partial charge in [0.2, 0.25) is 5.91 Å². The van der Waals surface area contributed by atoms with Crippen LogP contribution in [0.15, 0.2) is 108 Å². The van der Waals surface area contributed by atoms with Crippen molar-refractivity contribution in [2.45, 2.75) is 51.5 Å². The molecule has 3 aromatic heterocycles. The molecule has 0 fully saturated rings. The third kappa shape index (κ3) is 9.26. The molecule has 1 amide bonds. The van der Waals surface area contributed by atoms with Gasteiger partial charge in [-0.2, -0.15) is 13.2 Å². The number of imidazole rings is 1. The smallest absolute Gasteiger partial charge is 0.383 e. The number of benzene rings is 3. The first-order chi connectivity index (χ1) is 26.0. The molecule has 0 saturated carbocycles. The van der Waals surface area contributed by atoms with E-state index in [1.807, 2.05) is 22.9 Å². The number of pyridine rings is 2. The predicted octanol–water partition coefficient (Wildman–Crippen LogP) is 7.65. The second-order valence-electron chi connectivity index (χ2n) is 13.0. The molecular weight excluding hydrogens is 705 g/mol. The number of hydrogen-bond acceptors (Lipinski definition) is 5. The van der Waals surface area contributed by atoms with E-state index in [4.69, 9.17) is 4.74 Å². The quantitative estimate of drug-likeness (QED) is 0.101. The van der Waals surface area contributed by atoms with Crippen molar-refractivity contribution in [3.63, 3.8) is 0 Å². The van der Waals surface area contributed by atoms with Gasteiger partial charge in [0.1, 0.15) is 12.2 Å². The highest BCUT2D eigenvalue weighted by molar-refractivity contribution is 5.80. The molecule has 3 aromatic carbocycles. The Morgan fingerprint density at radius 3 is 2.35 bits per heavy atom. The normalized spacial score (nSPS) is 11.7. The second kappa shape index (κ2) is 17.0. The first-order valence-corrected chi connectivity index (χ1v) is 17.4. The average Bonchev–Trinajstić information content (AvgIpc) is 3.63. The van der Waals surface area contributed by atoms with Crippen molar-refractivity contribution in [2.75, 3.05) is 20.3 Å². The van der Waals surface area contributed by atoms with Crippen molar-refractivity contribution in [1.29, 1.82) is 0 Å². The first-order valence-electron chi connectivity index (χ1n) is 17.4. The third-order valence-corrected chi connectivity index (χ3v) is 9.25. The summed E-state index contributed by atoms with van der Waals surface area (Å²) in [6.45, 7) is 1.61. The Morgan fingerprint density at radius 2 is 1.63 bits per heavy atom. The van der Waals surface area contributed by atoms with Crippen LogP contribution in [0.5, 0.6) is 0 Å². The summed E-state index contributed by atoms with van der Waals surface area (Å²) in [5.41, 5.74) is 2.87. The largest absolute Gasteiger partial charge is 0.416 e. The third-order valence-electron chi connectivity index (χ3n) is 9.25. The topological polar surface area (TPSA) is 82.2 Å². The van der Waals surface area contributed by atoms with Crippen LogP contribution >= 0.6 is 0 Å². The molecule has 0 spiro atoms. The van der Waals surface area contributed by atoms with E-state index in [9.17, 15) is 31.5 Å². The van der Waals surface area contributed by atoms with Crippen LogP contribution < -0.4 is 5.43 Å². The lowest BCUT2D eigenvalue weighted by Gasteiger charge is -2.25. The van der Waals surface area contributed by atoms with E-state index in [0.29, 0.717) is 54.8 Å². The van der Waals surface area contributed by atoms with E-state index in [0.717, 1.165) is 35.0 Å². The maximum atomic E-state index is 14.6. The van der Waals surface area contributed by atoms with Crippen LogP contribution in [-0.4, -0.2) is 50.2 Å². The zero-order chi connectivity index (χ0) is 38.2. The summed E-state index contributed by atoms with van der Waals surface area (Å²) in [6, 6.07) is 20.8. The molecule has 0 aliphatic carbocycles. The molecular formula is C41H38F5N5O3. The van der Waals surface area contributed by atoms with Gasteiger partial charge in [0.05, 0.1) is 29.6 Å². The number of methoxy groups -OCH3 is 1. The van der Waals surface area contributed by atoms with Gasteiger partial charge in [-0.15, -0.1) is 0 Å². The second-order valence-corrected chi connectivity index (χ2v) is 13.0. The SMILES string of the molecule is COCCn1cnc(CCCN(Cc2ccc(-c3ccc(C(F)(F)F)cc3)cc2)C(=O)Cn2c(CCc3cccc(F)c3F)cc(=O)c3cccnc32)c1. The number of nitrogens with zero attached hydrogens (tertiary/aromatic N) is 5. The van der Waals surface area contributed by atoms with Gasteiger partial charge in [-0.3, -0.25) is 9.59 Å². The lowest BCUT2D eigenvalue weighted by atomic mass is 10.0. The number of carbonyl (C=O) groups excluding carboxylic acids is 1. The Balaban J connectivity index is 1.25. The number of fused-ring (bicyclic) bond motifs is 1. The molecule has 6 aromatic rings. The molecule has 0 saturated heterocycles. The molecule has 8 nitrogen and oxygen atoms in total. The molecule has 3 heterocycles. The van der Waals surface area contributed by atoms with Crippen molar-refractivity contribution >= 4 is 16.9 Å². The average molecular weight is 744 g/mol. The fraction of sp³-hybridized carbons (Fsp3) is 0.268. The molecule has 0 aliphatic heterocycles. The standard InChI is InChI=1S/C41H38F5N5O3/c1-54-22-21-49-25-33(48-27-49)6-4-20-50(24-28-9-11-29(12-10-28)30-13-16-32(17-14-30)41(44,45)46)38(53)26-51-34(18-15-31-5-2-8-36(42)39(31)43)23-37(52)35-7-3-19-47-40(35)51/h2-3,5,7-14,16-17,19,23,25,27H,4,6,15,18,20-22,24,26H2,1H3. The van der Waals surface area contributed by atoms with E-state index < -0.39 is 23.4 Å². The van der Waals surface area contributed by atoms with Crippen LogP contribution in [0.3, 0.4) is 0 Å². The molecule has 6 rings (SSSR count). The fourth-order valence-corrected chi connectivity index (χ4v) is 6.34. The highest BCUT2D eigenvalue weighted by Crippen LogP contribution is 2.31. The lowest BCUT2D eigenvalue weighted by molar-refractivity contribution is -0.137. The van der Waals surface area contributed by atoms with Gasteiger partial charge >= 0.3 is 6.18 Å². The Morgan fingerprint density at radius 1 is 0.889 bits per heavy atom. The molecule has 0 N–H and O–H groups in total. The van der Waals surface area contributed by atoms with Crippen molar-refractivity contribution in [2.24, 2.45) is 0 Å². The summed E-state index contributed by atoms with van der Waals surface area (Å²) in [4.78, 5) is 38.1. The highest BCUT2D eigenvalue weighted by atomic mass is 19.4. The number of hydrogen-bond donors (Lipinski definition) is 0. The van der Waals surface area contributed by atoms with Gasteiger partial charge in [-0.25, -0.2) is 18.7 Å². The Bertz CT molecular complexity index is 2270. The maximum Gasteiger partial charge on any atom is 0.416 e. The van der Waals surface area contributed by atoms with Gasteiger partial charge in [0.15, 0.2) is 17.1 Å². The molecule has 0 aliphatic rings. The Kier molecular flexibility index (Phi) is 12.0. The Labute approximate surface area is 308 Å². The zero-order valence-electron chi connectivity index (χ0n) is 29.5. The lowest BCUT2D eigenvalue weighted by Crippen LogP contribution is -2.35. The molecule has 0 bridgehead atoms. The first kappa shape index (κ1) is 38.0. The minimum Gasteiger partial charge on any atom is -0.383 e. The number of alkyl halides is 3.